The molecule has 20 heavy (non-hydrogen) atoms. The van der Waals surface area contributed by atoms with Crippen LogP contribution in [0.4, 0.5) is 0 Å². The third-order valence-corrected chi connectivity index (χ3v) is 3.71. The number of benzene rings is 2. The third-order valence-electron chi connectivity index (χ3n) is 3.71. The minimum absolute atomic E-state index is 1.05. The van der Waals surface area contributed by atoms with Crippen LogP contribution in [0.15, 0.2) is 54.9 Å². The fraction of sp³-hybridized carbons (Fsp3) is 0.0588. The molecule has 0 atom stereocenters. The normalized spacial score (nSPS) is 11.2. The quantitative estimate of drug-likeness (QED) is 0.559. The topological polar surface area (TPSA) is 41.6 Å². The molecule has 1 N–H and O–H groups in total. The summed E-state index contributed by atoms with van der Waals surface area (Å²) < 4.78 is 0. The van der Waals surface area contributed by atoms with E-state index in [9.17, 15) is 0 Å². The zero-order chi connectivity index (χ0) is 13.5. The maximum absolute atomic E-state index is 4.62. The number of pyridine rings is 1. The van der Waals surface area contributed by atoms with Crippen molar-refractivity contribution in [1.29, 1.82) is 0 Å². The molecule has 3 nitrogen and oxygen atoms in total. The number of aromatic nitrogens is 3. The first-order valence-corrected chi connectivity index (χ1v) is 6.61. The van der Waals surface area contributed by atoms with Gasteiger partial charge >= 0.3 is 0 Å². The van der Waals surface area contributed by atoms with Crippen LogP contribution in [0.25, 0.3) is 32.9 Å². The molecule has 0 radical (unpaired) electrons. The molecule has 2 aromatic carbocycles. The van der Waals surface area contributed by atoms with Crippen LogP contribution >= 0.6 is 0 Å². The molecule has 0 bridgehead atoms. The molecular formula is C17H13N3. The summed E-state index contributed by atoms with van der Waals surface area (Å²) in [7, 11) is 0. The first-order valence-electron chi connectivity index (χ1n) is 6.61. The highest BCUT2D eigenvalue weighted by molar-refractivity contribution is 5.96. The van der Waals surface area contributed by atoms with Crippen molar-refractivity contribution in [3.05, 3.63) is 60.4 Å². The van der Waals surface area contributed by atoms with Crippen LogP contribution < -0.4 is 0 Å². The van der Waals surface area contributed by atoms with Crippen molar-refractivity contribution >= 4 is 21.8 Å². The molecule has 0 fully saturated rings. The van der Waals surface area contributed by atoms with Crippen molar-refractivity contribution in [1.82, 2.24) is 15.2 Å². The van der Waals surface area contributed by atoms with Gasteiger partial charge in [-0.2, -0.15) is 5.10 Å². The van der Waals surface area contributed by atoms with E-state index in [4.69, 9.17) is 0 Å². The minimum atomic E-state index is 1.05. The van der Waals surface area contributed by atoms with Gasteiger partial charge in [0.15, 0.2) is 0 Å². The predicted octanol–water partition coefficient (Wildman–Crippen LogP) is 4.09. The van der Waals surface area contributed by atoms with Crippen LogP contribution in [0, 0.1) is 6.92 Å². The number of hydrogen-bond acceptors (Lipinski definition) is 2. The minimum Gasteiger partial charge on any atom is -0.278 e. The van der Waals surface area contributed by atoms with Gasteiger partial charge in [0, 0.05) is 22.5 Å². The van der Waals surface area contributed by atoms with Crippen molar-refractivity contribution in [2.24, 2.45) is 0 Å². The van der Waals surface area contributed by atoms with Crippen molar-refractivity contribution in [2.45, 2.75) is 6.92 Å². The Labute approximate surface area is 116 Å². The molecule has 0 aliphatic heterocycles. The smallest absolute Gasteiger partial charge is 0.0731 e. The van der Waals surface area contributed by atoms with E-state index in [-0.39, 0.29) is 0 Å². The molecule has 0 aliphatic rings. The summed E-state index contributed by atoms with van der Waals surface area (Å²) >= 11 is 0. The Morgan fingerprint density at radius 1 is 1.00 bits per heavy atom. The molecule has 0 saturated carbocycles. The number of hydrogen-bond donors (Lipinski definition) is 1. The van der Waals surface area contributed by atoms with Gasteiger partial charge in [-0.05, 0) is 30.2 Å². The summed E-state index contributed by atoms with van der Waals surface area (Å²) in [6.07, 6.45) is 3.81. The van der Waals surface area contributed by atoms with Gasteiger partial charge in [-0.1, -0.05) is 30.3 Å². The summed E-state index contributed by atoms with van der Waals surface area (Å²) in [5, 5.41) is 9.42. The van der Waals surface area contributed by atoms with Gasteiger partial charge < -0.3 is 0 Å². The highest BCUT2D eigenvalue weighted by Gasteiger charge is 2.07. The van der Waals surface area contributed by atoms with Crippen LogP contribution in [-0.2, 0) is 0 Å². The average molecular weight is 259 g/mol. The molecule has 3 heteroatoms. The zero-order valence-electron chi connectivity index (χ0n) is 11.1. The van der Waals surface area contributed by atoms with Gasteiger partial charge in [-0.25, -0.2) is 0 Å². The lowest BCUT2D eigenvalue weighted by Gasteiger charge is -2.06. The Bertz CT molecular complexity index is 922. The lowest BCUT2D eigenvalue weighted by Crippen LogP contribution is -1.86. The van der Waals surface area contributed by atoms with E-state index in [1.807, 2.05) is 24.5 Å². The fourth-order valence-electron chi connectivity index (χ4n) is 2.68. The van der Waals surface area contributed by atoms with Crippen molar-refractivity contribution in [3.8, 4) is 11.1 Å². The number of nitrogens with zero attached hydrogens (tertiary/aromatic N) is 2. The number of aromatic amines is 1. The lowest BCUT2D eigenvalue weighted by molar-refractivity contribution is 1.12. The van der Waals surface area contributed by atoms with Gasteiger partial charge in [0.25, 0.3) is 0 Å². The van der Waals surface area contributed by atoms with Crippen LogP contribution in [0.1, 0.15) is 5.56 Å². The maximum Gasteiger partial charge on any atom is 0.0731 e. The van der Waals surface area contributed by atoms with Gasteiger partial charge in [-0.3, -0.25) is 10.1 Å². The Kier molecular flexibility index (Phi) is 2.33. The van der Waals surface area contributed by atoms with Crippen molar-refractivity contribution in [3.63, 3.8) is 0 Å². The number of fused-ring (bicyclic) bond motifs is 2. The van der Waals surface area contributed by atoms with E-state index in [2.05, 4.69) is 52.4 Å². The van der Waals surface area contributed by atoms with Crippen LogP contribution in [0.5, 0.6) is 0 Å². The summed E-state index contributed by atoms with van der Waals surface area (Å²) in [5.41, 5.74) is 5.60. The maximum atomic E-state index is 4.62. The van der Waals surface area contributed by atoms with E-state index in [1.54, 1.807) is 0 Å². The predicted molar refractivity (Wildman–Crippen MR) is 81.6 cm³/mol. The lowest BCUT2D eigenvalue weighted by atomic mass is 10.0. The number of para-hydroxylation sites is 1. The molecular weight excluding hydrogens is 246 g/mol. The standard InChI is InChI=1S/C17H13N3/c1-11-4-2-5-12-8-13(9-18-17(11)12)14-6-3-7-16-15(14)10-19-20-16/h2-10H,1H3,(H,19,20). The van der Waals surface area contributed by atoms with Gasteiger partial charge in [0.2, 0.25) is 0 Å². The van der Waals surface area contributed by atoms with E-state index < -0.39 is 0 Å². The number of aryl methyl sites for hydroxylation is 1. The van der Waals surface area contributed by atoms with Crippen LogP contribution in [-0.4, -0.2) is 15.2 Å². The molecule has 0 aliphatic carbocycles. The third kappa shape index (κ3) is 1.60. The van der Waals surface area contributed by atoms with E-state index in [0.29, 0.717) is 0 Å². The van der Waals surface area contributed by atoms with Crippen LogP contribution in [0.2, 0.25) is 0 Å². The molecule has 4 aromatic rings. The Morgan fingerprint density at radius 2 is 1.90 bits per heavy atom. The largest absolute Gasteiger partial charge is 0.278 e. The zero-order valence-corrected chi connectivity index (χ0v) is 11.1. The van der Waals surface area contributed by atoms with E-state index in [0.717, 1.165) is 27.5 Å². The molecule has 4 rings (SSSR count). The average Bonchev–Trinajstić information content (AvgIpc) is 2.95. The summed E-state index contributed by atoms with van der Waals surface area (Å²) in [5.74, 6) is 0. The number of rotatable bonds is 1. The Hall–Kier alpha value is -2.68. The second kappa shape index (κ2) is 4.17. The van der Waals surface area contributed by atoms with Gasteiger partial charge in [0.1, 0.15) is 0 Å². The highest BCUT2D eigenvalue weighted by atomic mass is 15.1. The highest BCUT2D eigenvalue weighted by Crippen LogP contribution is 2.29. The first-order chi connectivity index (χ1) is 9.83. The summed E-state index contributed by atoms with van der Waals surface area (Å²) in [4.78, 5) is 4.62. The summed E-state index contributed by atoms with van der Waals surface area (Å²) in [6.45, 7) is 2.09. The van der Waals surface area contributed by atoms with Gasteiger partial charge in [0.05, 0.1) is 17.2 Å². The van der Waals surface area contributed by atoms with E-state index >= 15 is 0 Å². The second-order valence-electron chi connectivity index (χ2n) is 5.01. The van der Waals surface area contributed by atoms with Crippen molar-refractivity contribution < 1.29 is 0 Å². The SMILES string of the molecule is Cc1cccc2cc(-c3cccc4[nH]ncc34)cnc12. The monoisotopic (exact) mass is 259 g/mol. The second-order valence-corrected chi connectivity index (χ2v) is 5.01. The fourth-order valence-corrected chi connectivity index (χ4v) is 2.68. The number of nitrogens with one attached hydrogen (secondary N) is 1. The summed E-state index contributed by atoms with van der Waals surface area (Å²) in [6, 6.07) is 14.6. The van der Waals surface area contributed by atoms with Crippen LogP contribution in [0.3, 0.4) is 0 Å². The molecule has 96 valence electrons. The molecule has 0 amide bonds. The van der Waals surface area contributed by atoms with Crippen molar-refractivity contribution in [2.75, 3.05) is 0 Å². The molecule has 2 heterocycles. The Morgan fingerprint density at radius 3 is 2.85 bits per heavy atom. The first kappa shape index (κ1) is 11.2. The molecule has 0 spiro atoms. The molecule has 0 unspecified atom stereocenters. The Balaban J connectivity index is 2.01. The number of H-pyrrole nitrogens is 1. The molecule has 2 aromatic heterocycles. The van der Waals surface area contributed by atoms with E-state index in [1.165, 1.54) is 10.9 Å². The van der Waals surface area contributed by atoms with Gasteiger partial charge in [-0.15, -0.1) is 0 Å². The molecule has 0 saturated heterocycles.